The van der Waals surface area contributed by atoms with Crippen molar-refractivity contribution in [2.75, 3.05) is 12.4 Å². The van der Waals surface area contributed by atoms with Crippen molar-refractivity contribution in [3.05, 3.63) is 54.5 Å². The molecule has 2 N–H and O–H groups in total. The van der Waals surface area contributed by atoms with E-state index < -0.39 is 18.0 Å². The van der Waals surface area contributed by atoms with Gasteiger partial charge in [-0.1, -0.05) is 30.3 Å². The largest absolute Gasteiger partial charge is 0.467 e. The fourth-order valence-electron chi connectivity index (χ4n) is 1.86. The zero-order valence-corrected chi connectivity index (χ0v) is 12.0. The minimum Gasteiger partial charge on any atom is -0.467 e. The molecule has 1 heterocycles. The SMILES string of the molecule is COC(=O)C(Cc1ccccc1)NC(=O)Nc1cnccn1. The van der Waals surface area contributed by atoms with Crippen LogP contribution in [0.2, 0.25) is 0 Å². The minimum absolute atomic E-state index is 0.295. The maximum Gasteiger partial charge on any atom is 0.328 e. The first kappa shape index (κ1) is 15.4. The van der Waals surface area contributed by atoms with Crippen LogP contribution in [0.5, 0.6) is 0 Å². The van der Waals surface area contributed by atoms with E-state index in [1.807, 2.05) is 30.3 Å². The number of methoxy groups -OCH3 is 1. The number of carbonyl (C=O) groups is 2. The summed E-state index contributed by atoms with van der Waals surface area (Å²) in [4.78, 5) is 31.5. The lowest BCUT2D eigenvalue weighted by Gasteiger charge is -2.16. The molecule has 1 unspecified atom stereocenters. The Bertz CT molecular complexity index is 619. The lowest BCUT2D eigenvalue weighted by molar-refractivity contribution is -0.142. The number of hydrogen-bond acceptors (Lipinski definition) is 5. The first-order valence-electron chi connectivity index (χ1n) is 6.64. The number of aromatic nitrogens is 2. The third-order valence-electron chi connectivity index (χ3n) is 2.88. The standard InChI is InChI=1S/C15H16N4O3/c1-22-14(20)12(9-11-5-3-2-4-6-11)18-15(21)19-13-10-16-7-8-17-13/h2-8,10,12H,9H2,1H3,(H2,17,18,19,21). The number of ether oxygens (including phenoxy) is 1. The van der Waals surface area contributed by atoms with Gasteiger partial charge in [-0.05, 0) is 5.56 Å². The highest BCUT2D eigenvalue weighted by atomic mass is 16.5. The molecule has 0 aliphatic heterocycles. The number of amides is 2. The molecule has 114 valence electrons. The Morgan fingerprint density at radius 3 is 2.64 bits per heavy atom. The molecule has 0 bridgehead atoms. The molecule has 0 aliphatic rings. The van der Waals surface area contributed by atoms with Gasteiger partial charge in [0.2, 0.25) is 0 Å². The van der Waals surface area contributed by atoms with E-state index in [0.29, 0.717) is 12.2 Å². The van der Waals surface area contributed by atoms with Crippen LogP contribution in [0.4, 0.5) is 10.6 Å². The minimum atomic E-state index is -0.788. The Morgan fingerprint density at radius 1 is 1.23 bits per heavy atom. The van der Waals surface area contributed by atoms with E-state index in [1.165, 1.54) is 25.7 Å². The van der Waals surface area contributed by atoms with Crippen molar-refractivity contribution >= 4 is 17.8 Å². The number of carbonyl (C=O) groups excluding carboxylic acids is 2. The van der Waals surface area contributed by atoms with Gasteiger partial charge in [0, 0.05) is 18.8 Å². The number of nitrogens with zero attached hydrogens (tertiary/aromatic N) is 2. The average molecular weight is 300 g/mol. The molecule has 0 saturated heterocycles. The molecule has 0 saturated carbocycles. The summed E-state index contributed by atoms with van der Waals surface area (Å²) in [5, 5.41) is 5.08. The van der Waals surface area contributed by atoms with Crippen LogP contribution < -0.4 is 10.6 Å². The third kappa shape index (κ3) is 4.55. The topological polar surface area (TPSA) is 93.2 Å². The summed E-state index contributed by atoms with van der Waals surface area (Å²) in [6.45, 7) is 0. The fraction of sp³-hybridized carbons (Fsp3) is 0.200. The summed E-state index contributed by atoms with van der Waals surface area (Å²) in [7, 11) is 1.28. The van der Waals surface area contributed by atoms with E-state index in [9.17, 15) is 9.59 Å². The van der Waals surface area contributed by atoms with Gasteiger partial charge in [-0.25, -0.2) is 14.6 Å². The predicted octanol–water partition coefficient (Wildman–Crippen LogP) is 1.38. The second kappa shape index (κ2) is 7.72. The monoisotopic (exact) mass is 300 g/mol. The van der Waals surface area contributed by atoms with Gasteiger partial charge in [0.25, 0.3) is 0 Å². The van der Waals surface area contributed by atoms with Crippen molar-refractivity contribution in [1.82, 2.24) is 15.3 Å². The van der Waals surface area contributed by atoms with Crippen molar-refractivity contribution in [1.29, 1.82) is 0 Å². The number of benzene rings is 1. The van der Waals surface area contributed by atoms with Gasteiger partial charge in [0.15, 0.2) is 5.82 Å². The van der Waals surface area contributed by atoms with Crippen LogP contribution in [-0.4, -0.2) is 35.1 Å². The van der Waals surface area contributed by atoms with Crippen LogP contribution in [0.15, 0.2) is 48.9 Å². The molecule has 7 heteroatoms. The molecular formula is C15H16N4O3. The van der Waals surface area contributed by atoms with Crippen molar-refractivity contribution in [2.24, 2.45) is 0 Å². The Balaban J connectivity index is 2.00. The molecule has 2 rings (SSSR count). The van der Waals surface area contributed by atoms with Gasteiger partial charge in [-0.15, -0.1) is 0 Å². The molecule has 0 fully saturated rings. The van der Waals surface area contributed by atoms with Crippen molar-refractivity contribution in [3.8, 4) is 0 Å². The van der Waals surface area contributed by atoms with E-state index in [0.717, 1.165) is 5.56 Å². The zero-order valence-electron chi connectivity index (χ0n) is 12.0. The van der Waals surface area contributed by atoms with Gasteiger partial charge in [0.05, 0.1) is 13.3 Å². The maximum atomic E-state index is 11.9. The molecule has 2 aromatic rings. The lowest BCUT2D eigenvalue weighted by atomic mass is 10.1. The molecule has 1 aromatic carbocycles. The van der Waals surface area contributed by atoms with Gasteiger partial charge >= 0.3 is 12.0 Å². The van der Waals surface area contributed by atoms with Crippen LogP contribution in [-0.2, 0) is 16.0 Å². The first-order valence-corrected chi connectivity index (χ1v) is 6.64. The van der Waals surface area contributed by atoms with Crippen molar-refractivity contribution < 1.29 is 14.3 Å². The van der Waals surface area contributed by atoms with Crippen LogP contribution in [0.1, 0.15) is 5.56 Å². The Morgan fingerprint density at radius 2 is 2.00 bits per heavy atom. The molecule has 1 atom stereocenters. The van der Waals surface area contributed by atoms with Crippen molar-refractivity contribution in [3.63, 3.8) is 0 Å². The van der Waals surface area contributed by atoms with Gasteiger partial charge < -0.3 is 10.1 Å². The van der Waals surface area contributed by atoms with Crippen LogP contribution in [0, 0.1) is 0 Å². The van der Waals surface area contributed by atoms with Gasteiger partial charge in [-0.3, -0.25) is 10.3 Å². The fourth-order valence-corrected chi connectivity index (χ4v) is 1.86. The smallest absolute Gasteiger partial charge is 0.328 e. The molecule has 22 heavy (non-hydrogen) atoms. The molecular weight excluding hydrogens is 284 g/mol. The number of rotatable bonds is 5. The van der Waals surface area contributed by atoms with Gasteiger partial charge in [0.1, 0.15) is 6.04 Å². The highest BCUT2D eigenvalue weighted by Crippen LogP contribution is 2.05. The van der Waals surface area contributed by atoms with E-state index in [-0.39, 0.29) is 0 Å². The number of urea groups is 1. The van der Waals surface area contributed by atoms with E-state index in [4.69, 9.17) is 4.74 Å². The summed E-state index contributed by atoms with van der Waals surface area (Å²) >= 11 is 0. The number of hydrogen-bond donors (Lipinski definition) is 2. The van der Waals surface area contributed by atoms with E-state index in [2.05, 4.69) is 20.6 Å². The highest BCUT2D eigenvalue weighted by Gasteiger charge is 2.22. The van der Waals surface area contributed by atoms with Crippen LogP contribution in [0.25, 0.3) is 0 Å². The normalized spacial score (nSPS) is 11.3. The zero-order chi connectivity index (χ0) is 15.8. The summed E-state index contributed by atoms with van der Waals surface area (Å²) in [6, 6.07) is 8.02. The predicted molar refractivity (Wildman–Crippen MR) is 80.1 cm³/mol. The molecule has 1 aromatic heterocycles. The Hall–Kier alpha value is -2.96. The maximum absolute atomic E-state index is 11.9. The molecule has 0 spiro atoms. The second-order valence-corrected chi connectivity index (χ2v) is 4.45. The van der Waals surface area contributed by atoms with Crippen LogP contribution >= 0.6 is 0 Å². The summed E-state index contributed by atoms with van der Waals surface area (Å²) in [5.41, 5.74) is 0.915. The molecule has 0 radical (unpaired) electrons. The highest BCUT2D eigenvalue weighted by molar-refractivity contribution is 5.91. The third-order valence-corrected chi connectivity index (χ3v) is 2.88. The van der Waals surface area contributed by atoms with Crippen molar-refractivity contribution in [2.45, 2.75) is 12.5 Å². The average Bonchev–Trinajstić information content (AvgIpc) is 2.55. The quantitative estimate of drug-likeness (QED) is 0.814. The van der Waals surface area contributed by atoms with E-state index in [1.54, 1.807) is 0 Å². The molecule has 7 nitrogen and oxygen atoms in total. The summed E-state index contributed by atoms with van der Waals surface area (Å²) in [5.74, 6) is -0.221. The van der Waals surface area contributed by atoms with Gasteiger partial charge in [-0.2, -0.15) is 0 Å². The van der Waals surface area contributed by atoms with Crippen LogP contribution in [0.3, 0.4) is 0 Å². The first-order chi connectivity index (χ1) is 10.7. The Kier molecular flexibility index (Phi) is 5.42. The van der Waals surface area contributed by atoms with E-state index >= 15 is 0 Å². The summed E-state index contributed by atoms with van der Waals surface area (Å²) in [6.07, 6.45) is 4.69. The number of nitrogens with one attached hydrogen (secondary N) is 2. The number of anilines is 1. The molecule has 0 aliphatic carbocycles. The molecule has 2 amide bonds. The lowest BCUT2D eigenvalue weighted by Crippen LogP contribution is -2.45. The number of esters is 1. The summed E-state index contributed by atoms with van der Waals surface area (Å²) < 4.78 is 4.73. The Labute approximate surface area is 127 Å². The second-order valence-electron chi connectivity index (χ2n) is 4.45.